The van der Waals surface area contributed by atoms with E-state index < -0.39 is 0 Å². The van der Waals surface area contributed by atoms with Gasteiger partial charge in [0.15, 0.2) is 0 Å². The van der Waals surface area contributed by atoms with Crippen LogP contribution in [-0.4, -0.2) is 39.9 Å². The van der Waals surface area contributed by atoms with Gasteiger partial charge in [0.2, 0.25) is 0 Å². The minimum Gasteiger partial charge on any atom is -0.345 e. The minimum absolute atomic E-state index is 0.246. The fourth-order valence-corrected chi connectivity index (χ4v) is 5.82. The Hall–Kier alpha value is -6.22. The fraction of sp³-hybridized carbons (Fsp3) is 0.0556. The van der Waals surface area contributed by atoms with E-state index in [1.54, 1.807) is 12.5 Å². The highest BCUT2D eigenvalue weighted by molar-refractivity contribution is 5.88. The van der Waals surface area contributed by atoms with Crippen LogP contribution in [0.2, 0.25) is 0 Å². The smallest absolute Gasteiger partial charge is 0.323 e. The maximum atomic E-state index is 12.0. The quantitative estimate of drug-likeness (QED) is 0.195. The van der Waals surface area contributed by atoms with Crippen LogP contribution in [0.5, 0.6) is 0 Å². The van der Waals surface area contributed by atoms with Crippen LogP contribution in [0, 0.1) is 13.8 Å². The van der Waals surface area contributed by atoms with Crippen LogP contribution in [0.3, 0.4) is 0 Å². The summed E-state index contributed by atoms with van der Waals surface area (Å²) in [6.45, 7) is 3.97. The van der Waals surface area contributed by atoms with Gasteiger partial charge in [-0.05, 0) is 86.6 Å². The molecule has 0 spiro atoms. The summed E-state index contributed by atoms with van der Waals surface area (Å²) in [4.78, 5) is 44.9. The summed E-state index contributed by atoms with van der Waals surface area (Å²) in [7, 11) is 0. The SMILES string of the molecule is Cc1cccc(-c2ccc(-c3ccc(-c4cccnc4-c4ccc5nc[nH]c5c4)nc3C)nc2-c2ccc3[nH]c(=O)[nH]c3c2)n1. The molecule has 0 fully saturated rings. The van der Waals surface area contributed by atoms with Crippen molar-refractivity contribution in [3.05, 3.63) is 125 Å². The van der Waals surface area contributed by atoms with Crippen LogP contribution >= 0.6 is 0 Å². The number of H-pyrrole nitrogens is 3. The van der Waals surface area contributed by atoms with Gasteiger partial charge in [0.05, 0.1) is 56.9 Å². The lowest BCUT2D eigenvalue weighted by Crippen LogP contribution is -1.99. The highest BCUT2D eigenvalue weighted by Crippen LogP contribution is 2.36. The largest absolute Gasteiger partial charge is 0.345 e. The number of hydrogen-bond acceptors (Lipinski definition) is 6. The number of imidazole rings is 2. The molecular formula is C36H26N8O. The van der Waals surface area contributed by atoms with Crippen molar-refractivity contribution in [2.24, 2.45) is 0 Å². The first-order valence-electron chi connectivity index (χ1n) is 14.5. The second-order valence-electron chi connectivity index (χ2n) is 11.0. The van der Waals surface area contributed by atoms with E-state index in [0.717, 1.165) is 84.2 Å². The van der Waals surface area contributed by atoms with E-state index in [1.165, 1.54) is 0 Å². The van der Waals surface area contributed by atoms with Gasteiger partial charge in [0.1, 0.15) is 0 Å². The number of nitrogens with one attached hydrogen (secondary N) is 3. The molecule has 45 heavy (non-hydrogen) atoms. The molecule has 0 radical (unpaired) electrons. The van der Waals surface area contributed by atoms with Crippen molar-refractivity contribution in [3.63, 3.8) is 0 Å². The Morgan fingerprint density at radius 1 is 0.578 bits per heavy atom. The van der Waals surface area contributed by atoms with Crippen LogP contribution in [0.1, 0.15) is 11.4 Å². The van der Waals surface area contributed by atoms with Crippen LogP contribution < -0.4 is 5.69 Å². The Bertz CT molecular complexity index is 2450. The van der Waals surface area contributed by atoms with Crippen molar-refractivity contribution in [1.29, 1.82) is 0 Å². The van der Waals surface area contributed by atoms with E-state index in [0.29, 0.717) is 5.52 Å². The van der Waals surface area contributed by atoms with E-state index in [-0.39, 0.29) is 5.69 Å². The Kier molecular flexibility index (Phi) is 6.16. The third-order valence-corrected chi connectivity index (χ3v) is 7.99. The van der Waals surface area contributed by atoms with Gasteiger partial charge in [0, 0.05) is 45.4 Å². The molecule has 6 aromatic heterocycles. The first kappa shape index (κ1) is 26.4. The van der Waals surface area contributed by atoms with E-state index in [1.807, 2.05) is 86.6 Å². The second-order valence-corrected chi connectivity index (χ2v) is 11.0. The molecule has 2 aromatic carbocycles. The molecule has 0 atom stereocenters. The zero-order valence-corrected chi connectivity index (χ0v) is 24.5. The van der Waals surface area contributed by atoms with Crippen molar-refractivity contribution in [1.82, 2.24) is 39.9 Å². The van der Waals surface area contributed by atoms with Crippen molar-refractivity contribution in [2.45, 2.75) is 13.8 Å². The zero-order chi connectivity index (χ0) is 30.5. The number of aromatic nitrogens is 8. The summed E-state index contributed by atoms with van der Waals surface area (Å²) in [5, 5.41) is 0. The van der Waals surface area contributed by atoms with Crippen molar-refractivity contribution in [2.75, 3.05) is 0 Å². The van der Waals surface area contributed by atoms with Crippen LogP contribution in [-0.2, 0) is 0 Å². The fourth-order valence-electron chi connectivity index (χ4n) is 5.82. The highest BCUT2D eigenvalue weighted by atomic mass is 16.1. The summed E-state index contributed by atoms with van der Waals surface area (Å²) in [6.07, 6.45) is 3.49. The van der Waals surface area contributed by atoms with Crippen molar-refractivity contribution >= 4 is 22.1 Å². The van der Waals surface area contributed by atoms with Gasteiger partial charge >= 0.3 is 5.69 Å². The number of nitrogens with zero attached hydrogens (tertiary/aromatic N) is 5. The molecule has 8 aromatic rings. The molecule has 0 saturated carbocycles. The average molecular weight is 587 g/mol. The Labute approximate surface area is 257 Å². The predicted octanol–water partition coefficient (Wildman–Crippen LogP) is 7.26. The number of rotatable bonds is 5. The molecule has 8 rings (SSSR count). The lowest BCUT2D eigenvalue weighted by Gasteiger charge is -2.14. The van der Waals surface area contributed by atoms with Gasteiger partial charge in [-0.15, -0.1) is 0 Å². The third kappa shape index (κ3) is 4.76. The van der Waals surface area contributed by atoms with Crippen LogP contribution in [0.15, 0.2) is 108 Å². The summed E-state index contributed by atoms with van der Waals surface area (Å²) < 4.78 is 0. The lowest BCUT2D eigenvalue weighted by molar-refractivity contribution is 1.18. The number of pyridine rings is 4. The topological polar surface area (TPSA) is 129 Å². The van der Waals surface area contributed by atoms with E-state index >= 15 is 0 Å². The Balaban J connectivity index is 1.23. The van der Waals surface area contributed by atoms with E-state index in [4.69, 9.17) is 19.9 Å². The first-order valence-corrected chi connectivity index (χ1v) is 14.5. The average Bonchev–Trinajstić information content (AvgIpc) is 3.69. The first-order chi connectivity index (χ1) is 22.0. The van der Waals surface area contributed by atoms with Gasteiger partial charge in [-0.1, -0.05) is 18.2 Å². The van der Waals surface area contributed by atoms with Gasteiger partial charge < -0.3 is 15.0 Å². The molecule has 6 heterocycles. The van der Waals surface area contributed by atoms with Gasteiger partial charge in [0.25, 0.3) is 0 Å². The molecule has 3 N–H and O–H groups in total. The van der Waals surface area contributed by atoms with Gasteiger partial charge in [-0.3, -0.25) is 15.0 Å². The molecule has 9 heteroatoms. The molecule has 0 unspecified atom stereocenters. The second kappa shape index (κ2) is 10.5. The van der Waals surface area contributed by atoms with Gasteiger partial charge in [-0.25, -0.2) is 14.8 Å². The maximum absolute atomic E-state index is 12.0. The van der Waals surface area contributed by atoms with Gasteiger partial charge in [-0.2, -0.15) is 0 Å². The standard InChI is InChI=1S/C36H26N8O/c1-20-5-3-7-27(40-20)26-11-15-28(42-35(26)23-9-13-31-33(18-23)44-36(45)43-31)24-10-14-29(41-21(24)2)25-6-4-16-37-34(25)22-8-12-30-32(17-22)39-19-38-30/h3-19H,1-2H3,(H,38,39)(H2,43,44,45). The minimum atomic E-state index is -0.246. The van der Waals surface area contributed by atoms with E-state index in [2.05, 4.69) is 38.1 Å². The normalized spacial score (nSPS) is 11.4. The van der Waals surface area contributed by atoms with Crippen molar-refractivity contribution in [3.8, 4) is 56.3 Å². The monoisotopic (exact) mass is 586 g/mol. The molecule has 0 aliphatic rings. The number of aromatic amines is 3. The maximum Gasteiger partial charge on any atom is 0.323 e. The lowest BCUT2D eigenvalue weighted by atomic mass is 9.99. The van der Waals surface area contributed by atoms with E-state index in [9.17, 15) is 4.79 Å². The Morgan fingerprint density at radius 2 is 1.31 bits per heavy atom. The molecule has 9 nitrogen and oxygen atoms in total. The molecule has 0 aliphatic carbocycles. The molecule has 0 saturated heterocycles. The summed E-state index contributed by atoms with van der Waals surface area (Å²) in [5.74, 6) is 0. The summed E-state index contributed by atoms with van der Waals surface area (Å²) >= 11 is 0. The summed E-state index contributed by atoms with van der Waals surface area (Å²) in [5.41, 5.74) is 13.5. The predicted molar refractivity (Wildman–Crippen MR) is 176 cm³/mol. The number of benzene rings is 2. The molecular weight excluding hydrogens is 560 g/mol. The Morgan fingerprint density at radius 3 is 2.18 bits per heavy atom. The van der Waals surface area contributed by atoms with Crippen molar-refractivity contribution < 1.29 is 0 Å². The van der Waals surface area contributed by atoms with Crippen LogP contribution in [0.4, 0.5) is 0 Å². The van der Waals surface area contributed by atoms with Crippen LogP contribution in [0.25, 0.3) is 78.4 Å². The molecule has 0 bridgehead atoms. The molecule has 0 amide bonds. The molecule has 0 aliphatic heterocycles. The highest BCUT2D eigenvalue weighted by Gasteiger charge is 2.17. The number of fused-ring (bicyclic) bond motifs is 2. The summed E-state index contributed by atoms with van der Waals surface area (Å²) in [6, 6.07) is 30.0. The third-order valence-electron chi connectivity index (χ3n) is 7.99. The zero-order valence-electron chi connectivity index (χ0n) is 24.5. The molecule has 216 valence electrons. The number of hydrogen-bond donors (Lipinski definition) is 3. The number of aryl methyl sites for hydroxylation is 2.